The molecule has 1 fully saturated rings. The van der Waals surface area contributed by atoms with Gasteiger partial charge in [0.15, 0.2) is 11.5 Å². The van der Waals surface area contributed by atoms with Crippen LogP contribution in [0.15, 0.2) is 12.1 Å². The molecule has 0 atom stereocenters. The molecule has 104 valence electrons. The summed E-state index contributed by atoms with van der Waals surface area (Å²) >= 11 is 0. The van der Waals surface area contributed by atoms with E-state index in [1.54, 1.807) is 14.2 Å². The molecular formula is C14H20N2O3. The lowest BCUT2D eigenvalue weighted by molar-refractivity contribution is -0.119. The Labute approximate surface area is 113 Å². The number of piperidine rings is 1. The molecule has 1 heterocycles. The second kappa shape index (κ2) is 5.93. The summed E-state index contributed by atoms with van der Waals surface area (Å²) in [5.41, 5.74) is 7.85. The van der Waals surface area contributed by atoms with Crippen molar-refractivity contribution in [2.75, 3.05) is 32.2 Å². The van der Waals surface area contributed by atoms with E-state index >= 15 is 0 Å². The fourth-order valence-corrected chi connectivity index (χ4v) is 2.37. The van der Waals surface area contributed by atoms with Gasteiger partial charge in [-0.15, -0.1) is 0 Å². The fraction of sp³-hybridized carbons (Fsp3) is 0.500. The first-order valence-electron chi connectivity index (χ1n) is 6.41. The van der Waals surface area contributed by atoms with Crippen LogP contribution in [0.3, 0.4) is 0 Å². The molecule has 1 aliphatic heterocycles. The van der Waals surface area contributed by atoms with Crippen LogP contribution < -0.4 is 20.1 Å². The topological polar surface area (TPSA) is 64.8 Å². The van der Waals surface area contributed by atoms with E-state index in [2.05, 4.69) is 4.90 Å². The summed E-state index contributed by atoms with van der Waals surface area (Å²) in [6, 6.07) is 3.85. The summed E-state index contributed by atoms with van der Waals surface area (Å²) in [6.45, 7) is 1.91. The quantitative estimate of drug-likeness (QED) is 0.889. The third-order valence-corrected chi connectivity index (χ3v) is 3.47. The van der Waals surface area contributed by atoms with Crippen LogP contribution in [-0.4, -0.2) is 33.1 Å². The molecule has 0 aromatic heterocycles. The van der Waals surface area contributed by atoms with Crippen molar-refractivity contribution in [3.05, 3.63) is 17.7 Å². The SMILES string of the molecule is COc1cc(CN)c(N2CCC(=O)CC2)cc1OC. The Morgan fingerprint density at radius 2 is 1.74 bits per heavy atom. The first-order valence-corrected chi connectivity index (χ1v) is 6.41. The fourth-order valence-electron chi connectivity index (χ4n) is 2.37. The van der Waals surface area contributed by atoms with Gasteiger partial charge in [0.1, 0.15) is 5.78 Å². The first kappa shape index (κ1) is 13.7. The van der Waals surface area contributed by atoms with Crippen LogP contribution in [0.25, 0.3) is 0 Å². The van der Waals surface area contributed by atoms with Gasteiger partial charge in [0.2, 0.25) is 0 Å². The molecule has 1 aliphatic rings. The van der Waals surface area contributed by atoms with Crippen molar-refractivity contribution in [1.82, 2.24) is 0 Å². The van der Waals surface area contributed by atoms with Gasteiger partial charge in [0, 0.05) is 44.2 Å². The van der Waals surface area contributed by atoms with E-state index in [1.165, 1.54) is 0 Å². The number of methoxy groups -OCH3 is 2. The normalized spacial score (nSPS) is 15.5. The van der Waals surface area contributed by atoms with Gasteiger partial charge in [-0.1, -0.05) is 0 Å². The van der Waals surface area contributed by atoms with Crippen LogP contribution >= 0.6 is 0 Å². The molecule has 0 bridgehead atoms. The standard InChI is InChI=1S/C14H20N2O3/c1-18-13-7-10(9-15)12(8-14(13)19-2)16-5-3-11(17)4-6-16/h7-8H,3-6,9,15H2,1-2H3. The Kier molecular flexibility index (Phi) is 4.27. The third-order valence-electron chi connectivity index (χ3n) is 3.47. The Morgan fingerprint density at radius 3 is 2.26 bits per heavy atom. The number of hydrogen-bond donors (Lipinski definition) is 1. The zero-order chi connectivity index (χ0) is 13.8. The van der Waals surface area contributed by atoms with Gasteiger partial charge in [0.05, 0.1) is 14.2 Å². The third kappa shape index (κ3) is 2.81. The highest BCUT2D eigenvalue weighted by Crippen LogP contribution is 2.35. The maximum Gasteiger partial charge on any atom is 0.162 e. The van der Waals surface area contributed by atoms with Gasteiger partial charge in [-0.2, -0.15) is 0 Å². The maximum absolute atomic E-state index is 11.3. The zero-order valence-electron chi connectivity index (χ0n) is 11.4. The Bertz CT molecular complexity index is 464. The van der Waals surface area contributed by atoms with Crippen LogP contribution in [0.4, 0.5) is 5.69 Å². The number of Topliss-reactive ketones (excluding diaryl/α,β-unsaturated/α-hetero) is 1. The average Bonchev–Trinajstić information content (AvgIpc) is 2.46. The van der Waals surface area contributed by atoms with E-state index in [1.807, 2.05) is 12.1 Å². The molecule has 1 aromatic rings. The van der Waals surface area contributed by atoms with Crippen molar-refractivity contribution < 1.29 is 14.3 Å². The monoisotopic (exact) mass is 264 g/mol. The van der Waals surface area contributed by atoms with Crippen LogP contribution in [-0.2, 0) is 11.3 Å². The van der Waals surface area contributed by atoms with Crippen LogP contribution in [0.1, 0.15) is 18.4 Å². The van der Waals surface area contributed by atoms with Crippen LogP contribution in [0.5, 0.6) is 11.5 Å². The second-order valence-electron chi connectivity index (χ2n) is 4.57. The molecule has 0 spiro atoms. The van der Waals surface area contributed by atoms with Gasteiger partial charge in [0.25, 0.3) is 0 Å². The molecule has 0 saturated carbocycles. The molecule has 0 amide bonds. The Hall–Kier alpha value is -1.75. The van der Waals surface area contributed by atoms with Crippen molar-refractivity contribution in [2.45, 2.75) is 19.4 Å². The van der Waals surface area contributed by atoms with Gasteiger partial charge in [-0.05, 0) is 11.6 Å². The number of rotatable bonds is 4. The molecule has 1 saturated heterocycles. The summed E-state index contributed by atoms with van der Waals surface area (Å²) in [5.74, 6) is 1.69. The maximum atomic E-state index is 11.3. The van der Waals surface area contributed by atoms with Crippen molar-refractivity contribution in [1.29, 1.82) is 0 Å². The minimum Gasteiger partial charge on any atom is -0.493 e. The number of ketones is 1. The minimum absolute atomic E-state index is 0.325. The molecule has 0 radical (unpaired) electrons. The first-order chi connectivity index (χ1) is 9.19. The molecule has 2 N–H and O–H groups in total. The lowest BCUT2D eigenvalue weighted by Crippen LogP contribution is -2.34. The highest BCUT2D eigenvalue weighted by molar-refractivity contribution is 5.81. The van der Waals surface area contributed by atoms with Crippen molar-refractivity contribution in [2.24, 2.45) is 5.73 Å². The predicted molar refractivity (Wildman–Crippen MR) is 73.9 cm³/mol. The van der Waals surface area contributed by atoms with Crippen LogP contribution in [0, 0.1) is 0 Å². The lowest BCUT2D eigenvalue weighted by atomic mass is 10.1. The van der Waals surface area contributed by atoms with Gasteiger partial charge in [-0.25, -0.2) is 0 Å². The summed E-state index contributed by atoms with van der Waals surface area (Å²) in [5, 5.41) is 0. The minimum atomic E-state index is 0.325. The number of carbonyl (C=O) groups is 1. The lowest BCUT2D eigenvalue weighted by Gasteiger charge is -2.30. The number of hydrogen-bond acceptors (Lipinski definition) is 5. The van der Waals surface area contributed by atoms with E-state index in [0.717, 1.165) is 24.3 Å². The Morgan fingerprint density at radius 1 is 1.16 bits per heavy atom. The summed E-state index contributed by atoms with van der Waals surface area (Å²) in [6.07, 6.45) is 1.19. The van der Waals surface area contributed by atoms with E-state index in [9.17, 15) is 4.79 Å². The largest absolute Gasteiger partial charge is 0.493 e. The van der Waals surface area contributed by atoms with Crippen molar-refractivity contribution >= 4 is 11.5 Å². The molecule has 0 aliphatic carbocycles. The predicted octanol–water partition coefficient (Wildman–Crippen LogP) is 1.33. The van der Waals surface area contributed by atoms with E-state index < -0.39 is 0 Å². The van der Waals surface area contributed by atoms with E-state index in [0.29, 0.717) is 36.7 Å². The number of carbonyl (C=O) groups excluding carboxylic acids is 1. The van der Waals surface area contributed by atoms with Crippen LogP contribution in [0.2, 0.25) is 0 Å². The summed E-state index contributed by atoms with van der Waals surface area (Å²) in [7, 11) is 3.22. The number of anilines is 1. The smallest absolute Gasteiger partial charge is 0.162 e. The van der Waals surface area contributed by atoms with E-state index in [-0.39, 0.29) is 0 Å². The highest BCUT2D eigenvalue weighted by Gasteiger charge is 2.20. The van der Waals surface area contributed by atoms with Crippen molar-refractivity contribution in [3.63, 3.8) is 0 Å². The van der Waals surface area contributed by atoms with Gasteiger partial charge < -0.3 is 20.1 Å². The number of nitrogens with two attached hydrogens (primary N) is 1. The molecular weight excluding hydrogens is 244 g/mol. The summed E-state index contributed by atoms with van der Waals surface area (Å²) < 4.78 is 10.6. The Balaban J connectivity index is 2.35. The van der Waals surface area contributed by atoms with Gasteiger partial charge in [-0.3, -0.25) is 4.79 Å². The van der Waals surface area contributed by atoms with E-state index in [4.69, 9.17) is 15.2 Å². The summed E-state index contributed by atoms with van der Waals surface area (Å²) in [4.78, 5) is 13.5. The molecule has 1 aromatic carbocycles. The second-order valence-corrected chi connectivity index (χ2v) is 4.57. The highest BCUT2D eigenvalue weighted by atomic mass is 16.5. The zero-order valence-corrected chi connectivity index (χ0v) is 11.4. The molecule has 5 heteroatoms. The molecule has 0 unspecified atom stereocenters. The number of benzene rings is 1. The molecule has 5 nitrogen and oxygen atoms in total. The van der Waals surface area contributed by atoms with Gasteiger partial charge >= 0.3 is 0 Å². The number of ether oxygens (including phenoxy) is 2. The average molecular weight is 264 g/mol. The molecule has 2 rings (SSSR count). The molecule has 19 heavy (non-hydrogen) atoms. The number of nitrogens with zero attached hydrogens (tertiary/aromatic N) is 1. The van der Waals surface area contributed by atoms with Crippen molar-refractivity contribution in [3.8, 4) is 11.5 Å².